The number of hydrogen-bond acceptors (Lipinski definition) is 4. The summed E-state index contributed by atoms with van der Waals surface area (Å²) < 4.78 is 26.8. The van der Waals surface area contributed by atoms with Crippen molar-refractivity contribution in [3.8, 4) is 0 Å². The molecule has 1 aliphatic heterocycles. The van der Waals surface area contributed by atoms with Crippen molar-refractivity contribution >= 4 is 39.1 Å². The van der Waals surface area contributed by atoms with Crippen molar-refractivity contribution in [2.24, 2.45) is 0 Å². The zero-order valence-corrected chi connectivity index (χ0v) is 18.3. The van der Waals surface area contributed by atoms with Crippen LogP contribution in [-0.4, -0.2) is 70.9 Å². The Balaban J connectivity index is 1.64. The molecule has 0 atom stereocenters. The molecular formula is C20H25ClN4O3S. The third kappa shape index (κ3) is 4.66. The average molecular weight is 437 g/mol. The standard InChI is InChI=1S/C20H25ClN4O3S/c1-22(2)29(27,28)23(3)18-9-7-16(8-10-18)20(26)25-13-11-24(12-14-25)19-6-4-5-17(21)15-19/h4-10,15H,11-14H2,1-3H3. The molecule has 1 amide bonds. The van der Waals surface area contributed by atoms with Gasteiger partial charge >= 0.3 is 10.2 Å². The number of anilines is 2. The molecule has 1 saturated heterocycles. The molecule has 0 aromatic heterocycles. The summed E-state index contributed by atoms with van der Waals surface area (Å²) in [6.45, 7) is 2.69. The topological polar surface area (TPSA) is 64.2 Å². The Morgan fingerprint density at radius 1 is 0.966 bits per heavy atom. The first-order valence-electron chi connectivity index (χ1n) is 9.26. The molecule has 0 spiro atoms. The van der Waals surface area contributed by atoms with Gasteiger partial charge in [0.25, 0.3) is 5.91 Å². The van der Waals surface area contributed by atoms with Gasteiger partial charge in [0, 0.05) is 63.6 Å². The molecule has 7 nitrogen and oxygen atoms in total. The van der Waals surface area contributed by atoms with Gasteiger partial charge in [-0.15, -0.1) is 0 Å². The van der Waals surface area contributed by atoms with Crippen LogP contribution in [0.1, 0.15) is 10.4 Å². The molecule has 0 unspecified atom stereocenters. The van der Waals surface area contributed by atoms with Crippen LogP contribution in [0, 0.1) is 0 Å². The van der Waals surface area contributed by atoms with Crippen LogP contribution >= 0.6 is 11.6 Å². The minimum Gasteiger partial charge on any atom is -0.368 e. The summed E-state index contributed by atoms with van der Waals surface area (Å²) in [5, 5.41) is 0.697. The minimum absolute atomic E-state index is 0.0552. The number of amides is 1. The van der Waals surface area contributed by atoms with Crippen molar-refractivity contribution in [2.45, 2.75) is 0 Å². The Hall–Kier alpha value is -2.29. The fourth-order valence-corrected chi connectivity index (χ4v) is 4.28. The predicted molar refractivity (Wildman–Crippen MR) is 117 cm³/mol. The molecule has 2 aromatic carbocycles. The molecule has 9 heteroatoms. The molecule has 1 fully saturated rings. The lowest BCUT2D eigenvalue weighted by Crippen LogP contribution is -2.48. The number of halogens is 1. The van der Waals surface area contributed by atoms with Crippen LogP contribution in [0.2, 0.25) is 5.02 Å². The molecule has 0 aliphatic carbocycles. The lowest BCUT2D eigenvalue weighted by molar-refractivity contribution is 0.0747. The van der Waals surface area contributed by atoms with Gasteiger partial charge in [0.1, 0.15) is 0 Å². The van der Waals surface area contributed by atoms with Gasteiger partial charge < -0.3 is 9.80 Å². The Bertz CT molecular complexity index is 971. The van der Waals surface area contributed by atoms with Gasteiger partial charge in [-0.05, 0) is 42.5 Å². The van der Waals surface area contributed by atoms with Crippen LogP contribution < -0.4 is 9.21 Å². The van der Waals surface area contributed by atoms with E-state index in [4.69, 9.17) is 11.6 Å². The maximum absolute atomic E-state index is 12.8. The lowest BCUT2D eigenvalue weighted by Gasteiger charge is -2.36. The molecule has 29 heavy (non-hydrogen) atoms. The quantitative estimate of drug-likeness (QED) is 0.722. The normalized spacial score (nSPS) is 14.9. The second-order valence-electron chi connectivity index (χ2n) is 7.06. The highest BCUT2D eigenvalue weighted by Gasteiger charge is 2.24. The number of carbonyl (C=O) groups excluding carboxylic acids is 1. The monoisotopic (exact) mass is 436 g/mol. The predicted octanol–water partition coefficient (Wildman–Crippen LogP) is 2.55. The first kappa shape index (κ1) is 21.4. The van der Waals surface area contributed by atoms with Crippen molar-refractivity contribution in [3.63, 3.8) is 0 Å². The van der Waals surface area contributed by atoms with Crippen molar-refractivity contribution in [1.29, 1.82) is 0 Å². The van der Waals surface area contributed by atoms with Crippen LogP contribution in [0.4, 0.5) is 11.4 Å². The molecule has 156 valence electrons. The molecule has 0 radical (unpaired) electrons. The fourth-order valence-electron chi connectivity index (χ4n) is 3.22. The van der Waals surface area contributed by atoms with Crippen LogP contribution in [0.5, 0.6) is 0 Å². The summed E-state index contributed by atoms with van der Waals surface area (Å²) in [5.41, 5.74) is 2.10. The molecule has 2 aromatic rings. The van der Waals surface area contributed by atoms with E-state index in [1.165, 1.54) is 25.4 Å². The smallest absolute Gasteiger partial charge is 0.303 e. The molecular weight excluding hydrogens is 412 g/mol. The van der Waals surface area contributed by atoms with Gasteiger partial charge in [-0.1, -0.05) is 17.7 Å². The molecule has 3 rings (SSSR count). The maximum atomic E-state index is 12.8. The molecule has 0 bridgehead atoms. The van der Waals surface area contributed by atoms with Gasteiger partial charge in [-0.2, -0.15) is 12.7 Å². The van der Waals surface area contributed by atoms with Crippen LogP contribution in [0.25, 0.3) is 0 Å². The van der Waals surface area contributed by atoms with E-state index >= 15 is 0 Å². The van der Waals surface area contributed by atoms with E-state index in [-0.39, 0.29) is 5.91 Å². The minimum atomic E-state index is -3.56. The van der Waals surface area contributed by atoms with E-state index in [0.717, 1.165) is 23.1 Å². The maximum Gasteiger partial charge on any atom is 0.303 e. The Labute approximate surface area is 177 Å². The third-order valence-corrected chi connectivity index (χ3v) is 7.09. The second kappa shape index (κ2) is 8.61. The van der Waals surface area contributed by atoms with Crippen molar-refractivity contribution < 1.29 is 13.2 Å². The zero-order valence-electron chi connectivity index (χ0n) is 16.7. The van der Waals surface area contributed by atoms with E-state index in [1.54, 1.807) is 24.3 Å². The van der Waals surface area contributed by atoms with Crippen LogP contribution in [-0.2, 0) is 10.2 Å². The SMILES string of the molecule is CN(C)S(=O)(=O)N(C)c1ccc(C(=O)N2CCN(c3cccc(Cl)c3)CC2)cc1. The third-order valence-electron chi connectivity index (χ3n) is 5.03. The van der Waals surface area contributed by atoms with E-state index in [2.05, 4.69) is 4.90 Å². The summed E-state index contributed by atoms with van der Waals surface area (Å²) >= 11 is 6.07. The molecule has 1 heterocycles. The Morgan fingerprint density at radius 3 is 2.14 bits per heavy atom. The first-order valence-corrected chi connectivity index (χ1v) is 11.0. The van der Waals surface area contributed by atoms with Gasteiger partial charge in [-0.3, -0.25) is 9.10 Å². The van der Waals surface area contributed by atoms with Gasteiger partial charge in [-0.25, -0.2) is 0 Å². The van der Waals surface area contributed by atoms with E-state index in [9.17, 15) is 13.2 Å². The molecule has 1 aliphatic rings. The van der Waals surface area contributed by atoms with Crippen molar-refractivity contribution in [2.75, 3.05) is 56.5 Å². The van der Waals surface area contributed by atoms with Gasteiger partial charge in [0.15, 0.2) is 0 Å². The summed E-state index contributed by atoms with van der Waals surface area (Å²) in [7, 11) is 0.882. The van der Waals surface area contributed by atoms with E-state index < -0.39 is 10.2 Å². The van der Waals surface area contributed by atoms with E-state index in [0.29, 0.717) is 29.4 Å². The lowest BCUT2D eigenvalue weighted by atomic mass is 10.1. The summed E-state index contributed by atoms with van der Waals surface area (Å²) in [6.07, 6.45) is 0. The summed E-state index contributed by atoms with van der Waals surface area (Å²) in [5.74, 6) is -0.0552. The number of hydrogen-bond donors (Lipinski definition) is 0. The number of rotatable bonds is 5. The Morgan fingerprint density at radius 2 is 1.59 bits per heavy atom. The van der Waals surface area contributed by atoms with E-state index in [1.807, 2.05) is 29.2 Å². The highest BCUT2D eigenvalue weighted by Crippen LogP contribution is 2.22. The van der Waals surface area contributed by atoms with Crippen LogP contribution in [0.15, 0.2) is 48.5 Å². The number of benzene rings is 2. The first-order chi connectivity index (χ1) is 13.7. The van der Waals surface area contributed by atoms with Gasteiger partial charge in [0.05, 0.1) is 5.69 Å². The molecule has 0 N–H and O–H groups in total. The van der Waals surface area contributed by atoms with Crippen molar-refractivity contribution in [1.82, 2.24) is 9.21 Å². The average Bonchev–Trinajstić information content (AvgIpc) is 2.73. The highest BCUT2D eigenvalue weighted by molar-refractivity contribution is 7.90. The number of carbonyl (C=O) groups is 1. The fraction of sp³-hybridized carbons (Fsp3) is 0.350. The summed E-state index contributed by atoms with van der Waals surface area (Å²) in [4.78, 5) is 16.9. The number of nitrogens with zero attached hydrogens (tertiary/aromatic N) is 4. The second-order valence-corrected chi connectivity index (χ2v) is 9.67. The van der Waals surface area contributed by atoms with Crippen molar-refractivity contribution in [3.05, 3.63) is 59.1 Å². The highest BCUT2D eigenvalue weighted by atomic mass is 35.5. The number of piperazine rings is 1. The van der Waals surface area contributed by atoms with Crippen LogP contribution in [0.3, 0.4) is 0 Å². The zero-order chi connectivity index (χ0) is 21.2. The largest absolute Gasteiger partial charge is 0.368 e. The van der Waals surface area contributed by atoms with Gasteiger partial charge in [0.2, 0.25) is 0 Å². The molecule has 0 saturated carbocycles. The Kier molecular flexibility index (Phi) is 6.36. The summed E-state index contributed by atoms with van der Waals surface area (Å²) in [6, 6.07) is 14.3.